The van der Waals surface area contributed by atoms with Crippen LogP contribution in [0.3, 0.4) is 0 Å². The van der Waals surface area contributed by atoms with Crippen LogP contribution in [0, 0.1) is 19.8 Å². The van der Waals surface area contributed by atoms with E-state index in [4.69, 9.17) is 9.47 Å². The maximum Gasteiger partial charge on any atom is 0.295 e. The van der Waals surface area contributed by atoms with Crippen LogP contribution in [0.5, 0.6) is 5.75 Å². The number of benzene rings is 2. The molecular formula is C26H31NO5. The summed E-state index contributed by atoms with van der Waals surface area (Å²) < 4.78 is 10.9. The predicted octanol–water partition coefficient (Wildman–Crippen LogP) is 4.41. The average molecular weight is 438 g/mol. The number of nitrogens with zero attached hydrogens (tertiary/aromatic N) is 1. The Bertz CT molecular complexity index is 1020. The second-order valence-electron chi connectivity index (χ2n) is 8.58. The maximum absolute atomic E-state index is 13.0. The van der Waals surface area contributed by atoms with Crippen LogP contribution in [-0.2, 0) is 14.3 Å². The third kappa shape index (κ3) is 4.86. The Morgan fingerprint density at radius 1 is 1.09 bits per heavy atom. The molecule has 170 valence electrons. The topological polar surface area (TPSA) is 76.1 Å². The van der Waals surface area contributed by atoms with Crippen molar-refractivity contribution in [1.29, 1.82) is 0 Å². The van der Waals surface area contributed by atoms with Crippen LogP contribution >= 0.6 is 0 Å². The highest BCUT2D eigenvalue weighted by molar-refractivity contribution is 6.46. The van der Waals surface area contributed by atoms with Crippen LogP contribution in [0.15, 0.2) is 48.0 Å². The zero-order valence-electron chi connectivity index (χ0n) is 19.3. The minimum Gasteiger partial charge on any atom is -0.507 e. The quantitative estimate of drug-likeness (QED) is 0.376. The highest BCUT2D eigenvalue weighted by atomic mass is 16.5. The largest absolute Gasteiger partial charge is 0.507 e. The molecule has 32 heavy (non-hydrogen) atoms. The molecule has 1 atom stereocenters. The van der Waals surface area contributed by atoms with Gasteiger partial charge in [-0.2, -0.15) is 0 Å². The lowest BCUT2D eigenvalue weighted by Crippen LogP contribution is -2.32. The van der Waals surface area contributed by atoms with Crippen molar-refractivity contribution in [3.8, 4) is 5.75 Å². The molecular weight excluding hydrogens is 406 g/mol. The normalized spacial score (nSPS) is 17.9. The van der Waals surface area contributed by atoms with Gasteiger partial charge in [0.05, 0.1) is 24.8 Å². The number of amides is 1. The van der Waals surface area contributed by atoms with E-state index in [1.807, 2.05) is 44.2 Å². The highest BCUT2D eigenvalue weighted by Crippen LogP contribution is 2.40. The molecule has 1 heterocycles. The van der Waals surface area contributed by atoms with E-state index in [-0.39, 0.29) is 24.5 Å². The summed E-state index contributed by atoms with van der Waals surface area (Å²) in [4.78, 5) is 27.3. The Morgan fingerprint density at radius 3 is 2.38 bits per heavy atom. The number of methoxy groups -OCH3 is 1. The molecule has 0 saturated carbocycles. The zero-order valence-corrected chi connectivity index (χ0v) is 19.3. The molecule has 0 aromatic heterocycles. The Kier molecular flexibility index (Phi) is 7.36. The Morgan fingerprint density at radius 2 is 1.78 bits per heavy atom. The van der Waals surface area contributed by atoms with E-state index in [9.17, 15) is 14.7 Å². The minimum atomic E-state index is -0.691. The van der Waals surface area contributed by atoms with Crippen molar-refractivity contribution in [3.05, 3.63) is 70.3 Å². The number of hydrogen-bond acceptors (Lipinski definition) is 5. The lowest BCUT2D eigenvalue weighted by Gasteiger charge is -2.25. The molecule has 6 nitrogen and oxygen atoms in total. The van der Waals surface area contributed by atoms with Gasteiger partial charge >= 0.3 is 0 Å². The molecule has 1 amide bonds. The molecule has 0 aliphatic carbocycles. The lowest BCUT2D eigenvalue weighted by atomic mass is 9.93. The summed E-state index contributed by atoms with van der Waals surface area (Å²) in [6, 6.07) is 12.3. The first-order valence-corrected chi connectivity index (χ1v) is 10.8. The first kappa shape index (κ1) is 23.5. The number of aliphatic hydroxyl groups is 1. The lowest BCUT2D eigenvalue weighted by molar-refractivity contribution is -0.140. The van der Waals surface area contributed by atoms with Gasteiger partial charge in [-0.15, -0.1) is 0 Å². The molecule has 2 aromatic rings. The van der Waals surface area contributed by atoms with Crippen molar-refractivity contribution >= 4 is 17.4 Å². The van der Waals surface area contributed by atoms with Crippen molar-refractivity contribution in [2.24, 2.45) is 5.92 Å². The van der Waals surface area contributed by atoms with E-state index in [1.165, 1.54) is 4.90 Å². The molecule has 0 spiro atoms. The van der Waals surface area contributed by atoms with Crippen LogP contribution < -0.4 is 4.74 Å². The number of aliphatic hydroxyl groups excluding tert-OH is 1. The van der Waals surface area contributed by atoms with Gasteiger partial charge < -0.3 is 19.5 Å². The monoisotopic (exact) mass is 437 g/mol. The standard InChI is InChI=1S/C26H31NO5/c1-16(2)15-32-20-10-11-21(18(4)14-20)24(28)22-23(19-8-6-17(3)7-9-19)27(12-13-31-5)26(30)25(22)29/h6-11,14,16,23,28H,12-13,15H2,1-5H3/b24-22+. The Labute approximate surface area is 189 Å². The summed E-state index contributed by atoms with van der Waals surface area (Å²) in [6.07, 6.45) is 0. The van der Waals surface area contributed by atoms with Gasteiger partial charge in [0, 0.05) is 19.2 Å². The van der Waals surface area contributed by atoms with Crippen molar-refractivity contribution < 1.29 is 24.2 Å². The second-order valence-corrected chi connectivity index (χ2v) is 8.58. The van der Waals surface area contributed by atoms with E-state index in [0.717, 1.165) is 16.7 Å². The van der Waals surface area contributed by atoms with Crippen LogP contribution in [0.2, 0.25) is 0 Å². The molecule has 2 aromatic carbocycles. The van der Waals surface area contributed by atoms with Crippen LogP contribution in [0.1, 0.15) is 42.1 Å². The van der Waals surface area contributed by atoms with Crippen molar-refractivity contribution in [2.75, 3.05) is 26.9 Å². The van der Waals surface area contributed by atoms with E-state index in [2.05, 4.69) is 13.8 Å². The molecule has 1 aliphatic heterocycles. The first-order valence-electron chi connectivity index (χ1n) is 10.8. The first-order chi connectivity index (χ1) is 15.2. The summed E-state index contributed by atoms with van der Waals surface area (Å²) in [7, 11) is 1.55. The second kappa shape index (κ2) is 10.0. The molecule has 1 N–H and O–H groups in total. The number of rotatable bonds is 8. The van der Waals surface area contributed by atoms with Crippen molar-refractivity contribution in [1.82, 2.24) is 4.90 Å². The van der Waals surface area contributed by atoms with E-state index in [1.54, 1.807) is 19.2 Å². The molecule has 0 bridgehead atoms. The SMILES string of the molecule is COCCN1C(=O)C(=O)/C(=C(/O)c2ccc(OCC(C)C)cc2C)C1c1ccc(C)cc1. The van der Waals surface area contributed by atoms with Gasteiger partial charge in [-0.1, -0.05) is 43.7 Å². The fraction of sp³-hybridized carbons (Fsp3) is 0.385. The third-order valence-corrected chi connectivity index (χ3v) is 5.51. The summed E-state index contributed by atoms with van der Waals surface area (Å²) in [5, 5.41) is 11.2. The van der Waals surface area contributed by atoms with E-state index >= 15 is 0 Å². The fourth-order valence-corrected chi connectivity index (χ4v) is 3.80. The van der Waals surface area contributed by atoms with Crippen molar-refractivity contribution in [3.63, 3.8) is 0 Å². The van der Waals surface area contributed by atoms with Gasteiger partial charge in [-0.3, -0.25) is 9.59 Å². The van der Waals surface area contributed by atoms with Crippen molar-refractivity contribution in [2.45, 2.75) is 33.7 Å². The summed E-state index contributed by atoms with van der Waals surface area (Å²) >= 11 is 0. The number of aryl methyl sites for hydroxylation is 2. The molecule has 1 fully saturated rings. The number of Topliss-reactive ketones (excluding diaryl/α,β-unsaturated/α-hetero) is 1. The maximum atomic E-state index is 13.0. The Hall–Kier alpha value is -3.12. The average Bonchev–Trinajstić information content (AvgIpc) is 3.01. The molecule has 1 aliphatic rings. The van der Waals surface area contributed by atoms with E-state index in [0.29, 0.717) is 23.8 Å². The molecule has 1 saturated heterocycles. The van der Waals surface area contributed by atoms with E-state index < -0.39 is 17.7 Å². The van der Waals surface area contributed by atoms with Gasteiger partial charge in [0.1, 0.15) is 11.5 Å². The number of hydrogen-bond donors (Lipinski definition) is 1. The molecule has 6 heteroatoms. The van der Waals surface area contributed by atoms with Gasteiger partial charge in [0.25, 0.3) is 11.7 Å². The van der Waals surface area contributed by atoms with Crippen LogP contribution in [0.25, 0.3) is 5.76 Å². The predicted molar refractivity (Wildman–Crippen MR) is 124 cm³/mol. The summed E-state index contributed by atoms with van der Waals surface area (Å²) in [5.41, 5.74) is 3.18. The van der Waals surface area contributed by atoms with Crippen LogP contribution in [0.4, 0.5) is 0 Å². The number of ketones is 1. The number of carbonyl (C=O) groups is 2. The molecule has 1 unspecified atom stereocenters. The van der Waals surface area contributed by atoms with Gasteiger partial charge in [-0.25, -0.2) is 0 Å². The number of likely N-dealkylation sites (tertiary alicyclic amines) is 1. The fourth-order valence-electron chi connectivity index (χ4n) is 3.80. The van der Waals surface area contributed by atoms with Gasteiger partial charge in [0.15, 0.2) is 0 Å². The Balaban J connectivity index is 2.07. The van der Waals surface area contributed by atoms with Gasteiger partial charge in [0.2, 0.25) is 0 Å². The minimum absolute atomic E-state index is 0.0916. The summed E-state index contributed by atoms with van der Waals surface area (Å²) in [5.74, 6) is -0.418. The number of carbonyl (C=O) groups excluding carboxylic acids is 2. The zero-order chi connectivity index (χ0) is 23.4. The highest BCUT2D eigenvalue weighted by Gasteiger charge is 2.45. The summed E-state index contributed by atoms with van der Waals surface area (Å²) in [6.45, 7) is 9.08. The molecule has 0 radical (unpaired) electrons. The van der Waals surface area contributed by atoms with Gasteiger partial charge in [-0.05, 0) is 49.1 Å². The number of ether oxygens (including phenoxy) is 2. The van der Waals surface area contributed by atoms with Crippen LogP contribution in [-0.4, -0.2) is 48.6 Å². The molecule has 3 rings (SSSR count). The third-order valence-electron chi connectivity index (χ3n) is 5.51. The smallest absolute Gasteiger partial charge is 0.295 e.